The molecular weight excluding hydrogens is 356 g/mol. The lowest BCUT2D eigenvalue weighted by Gasteiger charge is -2.18. The van der Waals surface area contributed by atoms with Crippen molar-refractivity contribution in [2.45, 2.75) is 31.8 Å². The average Bonchev–Trinajstić information content (AvgIpc) is 2.35. The van der Waals surface area contributed by atoms with Crippen molar-refractivity contribution in [3.63, 3.8) is 0 Å². The minimum Gasteiger partial charge on any atom is -0.466 e. The molecule has 1 aromatic rings. The Hall–Kier alpha value is -1.71. The number of hydrogen-bond acceptors (Lipinski definition) is 4. The van der Waals surface area contributed by atoms with Crippen LogP contribution in [0.1, 0.15) is 23.6 Å². The molecule has 0 unspecified atom stereocenters. The smallest absolute Gasteiger partial charge is 0.466 e. The quantitative estimate of drug-likeness (QED) is 0.452. The molecule has 4 nitrogen and oxygen atoms in total. The van der Waals surface area contributed by atoms with Crippen molar-refractivity contribution in [1.29, 1.82) is 0 Å². The molecule has 0 atom stereocenters. The van der Waals surface area contributed by atoms with Gasteiger partial charge >= 0.3 is 18.5 Å². The number of halogens is 7. The molecule has 0 fully saturated rings. The summed E-state index contributed by atoms with van der Waals surface area (Å²) in [5, 5.41) is 0. The van der Waals surface area contributed by atoms with Gasteiger partial charge in [0.1, 0.15) is 0 Å². The molecule has 0 N–H and O–H groups in total. The van der Waals surface area contributed by atoms with Crippen LogP contribution in [0, 0.1) is 0 Å². The maximum Gasteiger partial charge on any atom is 0.574 e. The SMILES string of the molecule is CCOC(=O)Cc1c(C(F)(F)F)cnc(OC(F)(F)F)c1CCl. The molecule has 0 aromatic carbocycles. The van der Waals surface area contributed by atoms with E-state index in [-0.39, 0.29) is 12.8 Å². The molecule has 0 bridgehead atoms. The molecule has 130 valence electrons. The van der Waals surface area contributed by atoms with Crippen molar-refractivity contribution < 1.29 is 40.6 Å². The van der Waals surface area contributed by atoms with E-state index in [0.717, 1.165) is 0 Å². The molecule has 0 saturated carbocycles. The van der Waals surface area contributed by atoms with Gasteiger partial charge in [-0.15, -0.1) is 24.8 Å². The summed E-state index contributed by atoms with van der Waals surface area (Å²) in [6.07, 6.45) is -10.9. The van der Waals surface area contributed by atoms with Gasteiger partial charge in [0.2, 0.25) is 5.88 Å². The van der Waals surface area contributed by atoms with E-state index in [1.54, 1.807) is 0 Å². The van der Waals surface area contributed by atoms with E-state index in [9.17, 15) is 31.1 Å². The predicted molar refractivity (Wildman–Crippen MR) is 65.8 cm³/mol. The molecule has 0 spiro atoms. The largest absolute Gasteiger partial charge is 0.574 e. The molecule has 11 heteroatoms. The Bertz CT molecular complexity index is 573. The first-order valence-electron chi connectivity index (χ1n) is 6.04. The molecule has 1 rings (SSSR count). The van der Waals surface area contributed by atoms with Gasteiger partial charge in [0, 0.05) is 11.8 Å². The van der Waals surface area contributed by atoms with Crippen molar-refractivity contribution in [2.75, 3.05) is 6.61 Å². The highest BCUT2D eigenvalue weighted by atomic mass is 35.5. The van der Waals surface area contributed by atoms with E-state index in [2.05, 4.69) is 14.5 Å². The zero-order valence-electron chi connectivity index (χ0n) is 11.5. The van der Waals surface area contributed by atoms with Gasteiger partial charge in [-0.25, -0.2) is 4.98 Å². The van der Waals surface area contributed by atoms with Gasteiger partial charge in [-0.05, 0) is 12.5 Å². The lowest BCUT2D eigenvalue weighted by Crippen LogP contribution is -2.22. The fraction of sp³-hybridized carbons (Fsp3) is 0.500. The van der Waals surface area contributed by atoms with Crippen LogP contribution in [0.3, 0.4) is 0 Å². The van der Waals surface area contributed by atoms with Crippen LogP contribution in [-0.2, 0) is 28.0 Å². The summed E-state index contributed by atoms with van der Waals surface area (Å²) >= 11 is 5.44. The molecule has 0 aliphatic rings. The second kappa shape index (κ2) is 7.24. The summed E-state index contributed by atoms with van der Waals surface area (Å²) in [6, 6.07) is 0. The maximum atomic E-state index is 13.0. The standard InChI is InChI=1S/C12H10ClF6NO3/c1-2-22-9(21)3-6-7(4-13)10(23-12(17,18)19)20-5-8(6)11(14,15)16/h5H,2-4H2,1H3. The molecule has 1 aromatic heterocycles. The summed E-state index contributed by atoms with van der Waals surface area (Å²) < 4.78 is 83.9. The molecule has 1 heterocycles. The highest BCUT2D eigenvalue weighted by Crippen LogP contribution is 2.37. The number of esters is 1. The second-order valence-corrected chi connectivity index (χ2v) is 4.36. The van der Waals surface area contributed by atoms with Gasteiger partial charge in [0.15, 0.2) is 0 Å². The zero-order chi connectivity index (χ0) is 17.8. The first-order valence-corrected chi connectivity index (χ1v) is 6.58. The molecule has 0 saturated heterocycles. The van der Waals surface area contributed by atoms with Crippen molar-refractivity contribution in [3.05, 3.63) is 22.9 Å². The summed E-state index contributed by atoms with van der Waals surface area (Å²) in [4.78, 5) is 14.5. The first kappa shape index (κ1) is 19.3. The van der Waals surface area contributed by atoms with Gasteiger partial charge < -0.3 is 9.47 Å². The van der Waals surface area contributed by atoms with Gasteiger partial charge in [-0.1, -0.05) is 0 Å². The average molecular weight is 366 g/mol. The van der Waals surface area contributed by atoms with Crippen molar-refractivity contribution >= 4 is 17.6 Å². The Morgan fingerprint density at radius 3 is 2.26 bits per heavy atom. The van der Waals surface area contributed by atoms with E-state index < -0.39 is 53.4 Å². The van der Waals surface area contributed by atoms with Crippen molar-refractivity contribution in [2.24, 2.45) is 0 Å². The van der Waals surface area contributed by atoms with Crippen LogP contribution in [0.4, 0.5) is 26.3 Å². The zero-order valence-corrected chi connectivity index (χ0v) is 12.3. The number of alkyl halides is 7. The third kappa shape index (κ3) is 5.45. The summed E-state index contributed by atoms with van der Waals surface area (Å²) in [7, 11) is 0. The van der Waals surface area contributed by atoms with E-state index >= 15 is 0 Å². The Balaban J connectivity index is 3.43. The van der Waals surface area contributed by atoms with Crippen LogP contribution < -0.4 is 4.74 Å². The summed E-state index contributed by atoms with van der Waals surface area (Å²) in [6.45, 7) is 1.32. The van der Waals surface area contributed by atoms with Gasteiger partial charge in [0.25, 0.3) is 0 Å². The van der Waals surface area contributed by atoms with Crippen LogP contribution in [0.2, 0.25) is 0 Å². The Kier molecular flexibility index (Phi) is 6.09. The minimum absolute atomic E-state index is 0.104. The molecule has 0 aliphatic heterocycles. The van der Waals surface area contributed by atoms with Gasteiger partial charge in [-0.2, -0.15) is 13.2 Å². The highest BCUT2D eigenvalue weighted by molar-refractivity contribution is 6.17. The minimum atomic E-state index is -5.17. The number of aromatic nitrogens is 1. The first-order chi connectivity index (χ1) is 10.5. The molecule has 23 heavy (non-hydrogen) atoms. The highest BCUT2D eigenvalue weighted by Gasteiger charge is 2.39. The Labute approximate surface area is 131 Å². The lowest BCUT2D eigenvalue weighted by molar-refractivity contribution is -0.276. The third-order valence-electron chi connectivity index (χ3n) is 2.54. The third-order valence-corrected chi connectivity index (χ3v) is 2.80. The fourth-order valence-electron chi connectivity index (χ4n) is 1.71. The molecular formula is C12H10ClF6NO3. The molecule has 0 radical (unpaired) electrons. The van der Waals surface area contributed by atoms with Crippen LogP contribution >= 0.6 is 11.6 Å². The van der Waals surface area contributed by atoms with Crippen molar-refractivity contribution in [3.8, 4) is 5.88 Å². The summed E-state index contributed by atoms with van der Waals surface area (Å²) in [5.74, 6) is -2.95. The molecule has 0 aliphatic carbocycles. The number of nitrogens with zero attached hydrogens (tertiary/aromatic N) is 1. The van der Waals surface area contributed by atoms with Gasteiger partial charge in [0.05, 0.1) is 24.5 Å². The Morgan fingerprint density at radius 2 is 1.83 bits per heavy atom. The monoisotopic (exact) mass is 365 g/mol. The van der Waals surface area contributed by atoms with Gasteiger partial charge in [-0.3, -0.25) is 4.79 Å². The number of carbonyl (C=O) groups excluding carboxylic acids is 1. The van der Waals surface area contributed by atoms with E-state index in [4.69, 9.17) is 11.6 Å². The van der Waals surface area contributed by atoms with E-state index in [1.807, 2.05) is 0 Å². The maximum absolute atomic E-state index is 13.0. The van der Waals surface area contributed by atoms with Crippen LogP contribution in [0.5, 0.6) is 5.88 Å². The van der Waals surface area contributed by atoms with Crippen LogP contribution in [0.25, 0.3) is 0 Å². The number of ether oxygens (including phenoxy) is 2. The van der Waals surface area contributed by atoms with E-state index in [0.29, 0.717) is 0 Å². The fourth-order valence-corrected chi connectivity index (χ4v) is 1.98. The van der Waals surface area contributed by atoms with Crippen LogP contribution in [0.15, 0.2) is 6.20 Å². The second-order valence-electron chi connectivity index (χ2n) is 4.10. The Morgan fingerprint density at radius 1 is 1.22 bits per heavy atom. The summed E-state index contributed by atoms with van der Waals surface area (Å²) in [5.41, 5.74) is -2.82. The number of pyridine rings is 1. The number of hydrogen-bond donors (Lipinski definition) is 0. The normalized spacial score (nSPS) is 12.2. The molecule has 0 amide bonds. The number of carbonyl (C=O) groups is 1. The van der Waals surface area contributed by atoms with Crippen LogP contribution in [-0.4, -0.2) is 23.9 Å². The number of rotatable bonds is 5. The topological polar surface area (TPSA) is 48.4 Å². The lowest BCUT2D eigenvalue weighted by atomic mass is 10.0. The van der Waals surface area contributed by atoms with Crippen molar-refractivity contribution in [1.82, 2.24) is 4.98 Å². The predicted octanol–water partition coefficient (Wildman–Crippen LogP) is 3.84. The van der Waals surface area contributed by atoms with E-state index in [1.165, 1.54) is 6.92 Å².